The molecule has 0 aliphatic carbocycles. The highest BCUT2D eigenvalue weighted by Crippen LogP contribution is 2.21. The number of ether oxygens (including phenoxy) is 2. The lowest BCUT2D eigenvalue weighted by atomic mass is 10.2. The van der Waals surface area contributed by atoms with Gasteiger partial charge in [0.2, 0.25) is 0 Å². The lowest BCUT2D eigenvalue weighted by Gasteiger charge is -2.32. The lowest BCUT2D eigenvalue weighted by molar-refractivity contribution is -0.163. The summed E-state index contributed by atoms with van der Waals surface area (Å²) in [5, 5.41) is 9.59. The van der Waals surface area contributed by atoms with Crippen LogP contribution in [0, 0.1) is 0 Å². The van der Waals surface area contributed by atoms with Crippen LogP contribution in [0.2, 0.25) is 0 Å². The normalized spacial score (nSPS) is 17.0. The van der Waals surface area contributed by atoms with Gasteiger partial charge in [0, 0.05) is 31.2 Å². The molecule has 1 aromatic carbocycles. The first-order valence-electron chi connectivity index (χ1n) is 9.52. The molecule has 2 aromatic heterocycles. The number of hydrogen-bond acceptors (Lipinski definition) is 7. The number of hydrogen-bond donors (Lipinski definition) is 1. The van der Waals surface area contributed by atoms with Crippen molar-refractivity contribution in [3.8, 4) is 5.75 Å². The predicted molar refractivity (Wildman–Crippen MR) is 106 cm³/mol. The van der Waals surface area contributed by atoms with E-state index in [9.17, 15) is 9.59 Å². The minimum absolute atomic E-state index is 0.0738. The number of aromatic nitrogens is 2. The standard InChI is InChI=1S/C21H21N3O6/c25-20(26)21(27)30-24-12-15(18-7-4-8-22-19(18)24)11-23-9-10-28-17(13-23)14-29-16-5-2-1-3-6-16/h1-8,12,17H,9-11,13-14H2,(H,25,26)/t17-/m0/s1. The van der Waals surface area contributed by atoms with Crippen molar-refractivity contribution in [2.24, 2.45) is 0 Å². The highest BCUT2D eigenvalue weighted by Gasteiger charge is 2.24. The lowest BCUT2D eigenvalue weighted by Crippen LogP contribution is -2.44. The molecule has 0 unspecified atom stereocenters. The van der Waals surface area contributed by atoms with Crippen LogP contribution in [0.1, 0.15) is 5.56 Å². The number of rotatable bonds is 6. The maximum Gasteiger partial charge on any atom is 0.441 e. The summed E-state index contributed by atoms with van der Waals surface area (Å²) in [5.41, 5.74) is 1.26. The fraction of sp³-hybridized carbons (Fsp3) is 0.286. The molecule has 1 aliphatic heterocycles. The Morgan fingerprint density at radius 3 is 2.83 bits per heavy atom. The number of carboxylic acid groups (broad SMARTS) is 1. The zero-order valence-electron chi connectivity index (χ0n) is 16.1. The van der Waals surface area contributed by atoms with Crippen molar-refractivity contribution in [3.05, 3.63) is 60.4 Å². The quantitative estimate of drug-likeness (QED) is 0.607. The van der Waals surface area contributed by atoms with E-state index in [4.69, 9.17) is 19.4 Å². The van der Waals surface area contributed by atoms with Crippen molar-refractivity contribution < 1.29 is 29.0 Å². The van der Waals surface area contributed by atoms with Gasteiger partial charge in [-0.15, -0.1) is 0 Å². The Balaban J connectivity index is 1.44. The summed E-state index contributed by atoms with van der Waals surface area (Å²) in [6.07, 6.45) is 3.09. The number of morpholine rings is 1. The zero-order valence-corrected chi connectivity index (χ0v) is 16.1. The Labute approximate surface area is 172 Å². The SMILES string of the molecule is O=C(O)C(=O)On1cc(CN2CCO[C@H](COc3ccccc3)C2)c2cccnc21. The minimum atomic E-state index is -1.66. The van der Waals surface area contributed by atoms with Gasteiger partial charge < -0.3 is 19.4 Å². The van der Waals surface area contributed by atoms with E-state index in [1.54, 1.807) is 18.5 Å². The van der Waals surface area contributed by atoms with Gasteiger partial charge in [0.25, 0.3) is 0 Å². The number of aliphatic carboxylic acids is 1. The molecule has 0 bridgehead atoms. The number of pyridine rings is 1. The zero-order chi connectivity index (χ0) is 20.9. The van der Waals surface area contributed by atoms with Crippen molar-refractivity contribution in [1.29, 1.82) is 0 Å². The van der Waals surface area contributed by atoms with E-state index in [0.717, 1.165) is 28.0 Å². The number of nitrogens with zero attached hydrogens (tertiary/aromatic N) is 3. The van der Waals surface area contributed by atoms with Crippen molar-refractivity contribution in [3.63, 3.8) is 0 Å². The predicted octanol–water partition coefficient (Wildman–Crippen LogP) is 1.36. The van der Waals surface area contributed by atoms with Gasteiger partial charge in [0.1, 0.15) is 18.5 Å². The number of carbonyl (C=O) groups is 2. The summed E-state index contributed by atoms with van der Waals surface area (Å²) in [6, 6.07) is 13.2. The molecule has 4 rings (SSSR count). The molecular formula is C21H21N3O6. The van der Waals surface area contributed by atoms with Gasteiger partial charge in [-0.05, 0) is 29.8 Å². The largest absolute Gasteiger partial charge is 0.491 e. The molecule has 9 nitrogen and oxygen atoms in total. The molecule has 0 saturated carbocycles. The molecule has 0 spiro atoms. The van der Waals surface area contributed by atoms with Crippen LogP contribution in [0.15, 0.2) is 54.9 Å². The number of carboxylic acids is 1. The molecule has 1 fully saturated rings. The molecule has 30 heavy (non-hydrogen) atoms. The second kappa shape index (κ2) is 8.93. The number of benzene rings is 1. The Hall–Kier alpha value is -3.43. The van der Waals surface area contributed by atoms with Crippen LogP contribution in [0.25, 0.3) is 11.0 Å². The molecule has 156 valence electrons. The van der Waals surface area contributed by atoms with E-state index < -0.39 is 11.9 Å². The third-order valence-corrected chi connectivity index (χ3v) is 4.77. The van der Waals surface area contributed by atoms with Crippen LogP contribution < -0.4 is 9.57 Å². The van der Waals surface area contributed by atoms with Gasteiger partial charge in [-0.2, -0.15) is 4.73 Å². The third-order valence-electron chi connectivity index (χ3n) is 4.77. The maximum atomic E-state index is 11.5. The van der Waals surface area contributed by atoms with E-state index in [1.807, 2.05) is 36.4 Å². The van der Waals surface area contributed by atoms with Crippen molar-refractivity contribution in [2.75, 3.05) is 26.3 Å². The molecule has 1 atom stereocenters. The summed E-state index contributed by atoms with van der Waals surface area (Å²) in [7, 11) is 0. The topological polar surface area (TPSA) is 103 Å². The smallest absolute Gasteiger partial charge is 0.441 e. The monoisotopic (exact) mass is 411 g/mol. The summed E-state index contributed by atoms with van der Waals surface area (Å²) < 4.78 is 12.7. The summed E-state index contributed by atoms with van der Waals surface area (Å²) in [6.45, 7) is 3.01. The van der Waals surface area contributed by atoms with Crippen molar-refractivity contribution in [2.45, 2.75) is 12.6 Å². The van der Waals surface area contributed by atoms with E-state index in [0.29, 0.717) is 32.0 Å². The fourth-order valence-corrected chi connectivity index (χ4v) is 3.39. The highest BCUT2D eigenvalue weighted by molar-refractivity contribution is 6.28. The van der Waals surface area contributed by atoms with Crippen LogP contribution in [0.3, 0.4) is 0 Å². The fourth-order valence-electron chi connectivity index (χ4n) is 3.39. The Morgan fingerprint density at radius 1 is 1.20 bits per heavy atom. The van der Waals surface area contributed by atoms with E-state index >= 15 is 0 Å². The first kappa shape index (κ1) is 19.9. The van der Waals surface area contributed by atoms with Crippen LogP contribution in [-0.4, -0.2) is 64.1 Å². The first-order chi connectivity index (χ1) is 14.6. The molecule has 3 heterocycles. The Bertz CT molecular complexity index is 1040. The van der Waals surface area contributed by atoms with Gasteiger partial charge in [0.05, 0.1) is 12.8 Å². The summed E-state index contributed by atoms with van der Waals surface area (Å²) >= 11 is 0. The van der Waals surface area contributed by atoms with Crippen molar-refractivity contribution in [1.82, 2.24) is 14.6 Å². The van der Waals surface area contributed by atoms with Gasteiger partial charge in [0.15, 0.2) is 5.65 Å². The summed E-state index contributed by atoms with van der Waals surface area (Å²) in [4.78, 5) is 33.6. The van der Waals surface area contributed by atoms with Crippen LogP contribution in [-0.2, 0) is 20.9 Å². The maximum absolute atomic E-state index is 11.5. The molecule has 1 N–H and O–H groups in total. The average molecular weight is 411 g/mol. The third kappa shape index (κ3) is 4.58. The molecular weight excluding hydrogens is 390 g/mol. The van der Waals surface area contributed by atoms with Gasteiger partial charge in [-0.1, -0.05) is 18.2 Å². The number of carbonyl (C=O) groups excluding carboxylic acids is 1. The minimum Gasteiger partial charge on any atom is -0.491 e. The number of para-hydroxylation sites is 1. The molecule has 0 amide bonds. The van der Waals surface area contributed by atoms with E-state index in [-0.39, 0.29) is 6.10 Å². The Kier molecular flexibility index (Phi) is 5.92. The van der Waals surface area contributed by atoms with E-state index in [1.165, 1.54) is 0 Å². The summed E-state index contributed by atoms with van der Waals surface area (Å²) in [5.74, 6) is -2.23. The molecule has 1 saturated heterocycles. The van der Waals surface area contributed by atoms with Crippen molar-refractivity contribution >= 4 is 23.0 Å². The van der Waals surface area contributed by atoms with Crippen LogP contribution in [0.4, 0.5) is 0 Å². The van der Waals surface area contributed by atoms with Crippen LogP contribution in [0.5, 0.6) is 5.75 Å². The first-order valence-corrected chi connectivity index (χ1v) is 9.52. The van der Waals surface area contributed by atoms with Gasteiger partial charge in [-0.3, -0.25) is 4.90 Å². The number of fused-ring (bicyclic) bond motifs is 1. The molecule has 0 radical (unpaired) electrons. The average Bonchev–Trinajstić information content (AvgIpc) is 3.10. The highest BCUT2D eigenvalue weighted by atomic mass is 16.7. The molecule has 9 heteroatoms. The second-order valence-corrected chi connectivity index (χ2v) is 6.89. The molecule has 3 aromatic rings. The Morgan fingerprint density at radius 2 is 2.03 bits per heavy atom. The van der Waals surface area contributed by atoms with Gasteiger partial charge >= 0.3 is 11.9 Å². The van der Waals surface area contributed by atoms with E-state index in [2.05, 4.69) is 9.88 Å². The molecule has 1 aliphatic rings. The van der Waals surface area contributed by atoms with Gasteiger partial charge in [-0.25, -0.2) is 14.6 Å². The second-order valence-electron chi connectivity index (χ2n) is 6.89. The van der Waals surface area contributed by atoms with Crippen LogP contribution >= 0.6 is 0 Å².